The number of hydrogen-bond donors (Lipinski definition) is 1. The highest BCUT2D eigenvalue weighted by molar-refractivity contribution is 5.32. The van der Waals surface area contributed by atoms with Crippen molar-refractivity contribution in [3.63, 3.8) is 0 Å². The summed E-state index contributed by atoms with van der Waals surface area (Å²) in [7, 11) is 0. The van der Waals surface area contributed by atoms with Gasteiger partial charge in [0, 0.05) is 6.04 Å². The third-order valence-electron chi connectivity index (χ3n) is 3.26. The molecule has 0 spiro atoms. The van der Waals surface area contributed by atoms with Gasteiger partial charge in [-0.05, 0) is 38.0 Å². The summed E-state index contributed by atoms with van der Waals surface area (Å²) in [6.07, 6.45) is -0.369. The lowest BCUT2D eigenvalue weighted by Crippen LogP contribution is -2.29. The quantitative estimate of drug-likeness (QED) is 0.916. The molecular formula is C17H20FNO. The first kappa shape index (κ1) is 14.5. The number of ether oxygens (including phenoxy) is 1. The van der Waals surface area contributed by atoms with Crippen molar-refractivity contribution >= 4 is 0 Å². The van der Waals surface area contributed by atoms with Crippen LogP contribution in [0.2, 0.25) is 0 Å². The van der Waals surface area contributed by atoms with Crippen LogP contribution >= 0.6 is 0 Å². The first-order valence-electron chi connectivity index (χ1n) is 6.73. The van der Waals surface area contributed by atoms with Crippen LogP contribution in [0.4, 0.5) is 4.39 Å². The summed E-state index contributed by atoms with van der Waals surface area (Å²) in [5, 5.41) is 0. The topological polar surface area (TPSA) is 35.2 Å². The molecule has 0 heterocycles. The standard InChI is InChI=1S/C17H20FNO/c1-11-6-4-8-14(10-11)17(13(3)19)20-15-9-5-7-12(2)16(15)18/h4-10,13,17H,19H2,1-3H3. The summed E-state index contributed by atoms with van der Waals surface area (Å²) in [6.45, 7) is 5.59. The van der Waals surface area contributed by atoms with E-state index in [4.69, 9.17) is 10.5 Å². The van der Waals surface area contributed by atoms with Crippen molar-refractivity contribution in [1.82, 2.24) is 0 Å². The molecule has 2 aromatic rings. The normalized spacial score (nSPS) is 13.8. The molecule has 0 bridgehead atoms. The van der Waals surface area contributed by atoms with Crippen LogP contribution in [0.25, 0.3) is 0 Å². The van der Waals surface area contributed by atoms with Gasteiger partial charge in [-0.1, -0.05) is 42.0 Å². The number of aryl methyl sites for hydroxylation is 2. The van der Waals surface area contributed by atoms with Gasteiger partial charge in [-0.15, -0.1) is 0 Å². The zero-order valence-electron chi connectivity index (χ0n) is 12.1. The van der Waals surface area contributed by atoms with Crippen molar-refractivity contribution in [3.8, 4) is 5.75 Å². The van der Waals surface area contributed by atoms with Gasteiger partial charge in [0.15, 0.2) is 11.6 Å². The minimum absolute atomic E-state index is 0.239. The fourth-order valence-corrected chi connectivity index (χ4v) is 2.17. The van der Waals surface area contributed by atoms with E-state index in [0.29, 0.717) is 5.56 Å². The molecular weight excluding hydrogens is 253 g/mol. The van der Waals surface area contributed by atoms with E-state index < -0.39 is 0 Å². The molecule has 20 heavy (non-hydrogen) atoms. The molecule has 0 fully saturated rings. The maximum absolute atomic E-state index is 14.1. The van der Waals surface area contributed by atoms with Crippen molar-refractivity contribution in [3.05, 3.63) is 65.0 Å². The molecule has 0 aliphatic rings. The second-order valence-corrected chi connectivity index (χ2v) is 5.20. The monoisotopic (exact) mass is 273 g/mol. The Morgan fingerprint density at radius 2 is 1.80 bits per heavy atom. The summed E-state index contributed by atoms with van der Waals surface area (Å²) in [5.74, 6) is -0.0837. The third-order valence-corrected chi connectivity index (χ3v) is 3.26. The smallest absolute Gasteiger partial charge is 0.167 e. The predicted molar refractivity (Wildman–Crippen MR) is 79.3 cm³/mol. The zero-order chi connectivity index (χ0) is 14.7. The van der Waals surface area contributed by atoms with Crippen molar-refractivity contribution in [1.29, 1.82) is 0 Å². The van der Waals surface area contributed by atoms with Gasteiger partial charge in [0.2, 0.25) is 0 Å². The average molecular weight is 273 g/mol. The molecule has 3 heteroatoms. The fraction of sp³-hybridized carbons (Fsp3) is 0.294. The highest BCUT2D eigenvalue weighted by Gasteiger charge is 2.20. The van der Waals surface area contributed by atoms with E-state index >= 15 is 0 Å². The number of nitrogens with two attached hydrogens (primary N) is 1. The number of halogens is 1. The third kappa shape index (κ3) is 3.17. The summed E-state index contributed by atoms with van der Waals surface area (Å²) >= 11 is 0. The van der Waals surface area contributed by atoms with Crippen LogP contribution in [0.5, 0.6) is 5.75 Å². The molecule has 2 N–H and O–H groups in total. The molecule has 2 unspecified atom stereocenters. The molecule has 2 nitrogen and oxygen atoms in total. The lowest BCUT2D eigenvalue weighted by molar-refractivity contribution is 0.172. The predicted octanol–water partition coefficient (Wildman–Crippen LogP) is 3.91. The van der Waals surface area contributed by atoms with Gasteiger partial charge in [0.25, 0.3) is 0 Å². The summed E-state index contributed by atoms with van der Waals surface area (Å²) in [4.78, 5) is 0. The van der Waals surface area contributed by atoms with Crippen LogP contribution in [0.15, 0.2) is 42.5 Å². The Morgan fingerprint density at radius 3 is 2.45 bits per heavy atom. The van der Waals surface area contributed by atoms with Crippen LogP contribution in [-0.4, -0.2) is 6.04 Å². The highest BCUT2D eigenvalue weighted by atomic mass is 19.1. The summed E-state index contributed by atoms with van der Waals surface area (Å²) in [5.41, 5.74) is 8.66. The van der Waals surface area contributed by atoms with E-state index in [0.717, 1.165) is 11.1 Å². The van der Waals surface area contributed by atoms with Gasteiger partial charge < -0.3 is 10.5 Å². The molecule has 2 aromatic carbocycles. The Morgan fingerprint density at radius 1 is 1.10 bits per heavy atom. The van der Waals surface area contributed by atoms with Gasteiger partial charge in [-0.25, -0.2) is 4.39 Å². The molecule has 106 valence electrons. The molecule has 0 aliphatic heterocycles. The SMILES string of the molecule is Cc1cccc(C(Oc2cccc(C)c2F)C(C)N)c1. The van der Waals surface area contributed by atoms with Gasteiger partial charge in [-0.3, -0.25) is 0 Å². The Kier molecular flexibility index (Phi) is 4.40. The van der Waals surface area contributed by atoms with E-state index in [1.807, 2.05) is 38.1 Å². The molecule has 0 radical (unpaired) electrons. The van der Waals surface area contributed by atoms with Crippen molar-refractivity contribution < 1.29 is 9.13 Å². The van der Waals surface area contributed by atoms with E-state index in [2.05, 4.69) is 0 Å². The van der Waals surface area contributed by atoms with Crippen molar-refractivity contribution in [2.75, 3.05) is 0 Å². The van der Waals surface area contributed by atoms with E-state index in [1.54, 1.807) is 25.1 Å². The minimum Gasteiger partial charge on any atom is -0.481 e. The Balaban J connectivity index is 2.33. The van der Waals surface area contributed by atoms with Crippen molar-refractivity contribution in [2.45, 2.75) is 32.9 Å². The Labute approximate surface area is 119 Å². The van der Waals surface area contributed by atoms with Gasteiger partial charge in [0.05, 0.1) is 0 Å². The zero-order valence-corrected chi connectivity index (χ0v) is 12.1. The maximum atomic E-state index is 14.1. The van der Waals surface area contributed by atoms with Crippen LogP contribution < -0.4 is 10.5 Å². The van der Waals surface area contributed by atoms with Crippen LogP contribution in [0.1, 0.15) is 29.7 Å². The van der Waals surface area contributed by atoms with E-state index in [-0.39, 0.29) is 23.7 Å². The maximum Gasteiger partial charge on any atom is 0.167 e. The molecule has 0 aliphatic carbocycles. The van der Waals surface area contributed by atoms with Crippen LogP contribution in [-0.2, 0) is 0 Å². The molecule has 2 rings (SSSR count). The molecule has 0 saturated carbocycles. The van der Waals surface area contributed by atoms with Gasteiger partial charge in [-0.2, -0.15) is 0 Å². The molecule has 0 amide bonds. The van der Waals surface area contributed by atoms with Gasteiger partial charge in [0.1, 0.15) is 6.10 Å². The lowest BCUT2D eigenvalue weighted by Gasteiger charge is -2.24. The first-order valence-corrected chi connectivity index (χ1v) is 6.73. The van der Waals surface area contributed by atoms with Crippen LogP contribution in [0.3, 0.4) is 0 Å². The average Bonchev–Trinajstić information content (AvgIpc) is 2.40. The van der Waals surface area contributed by atoms with Crippen LogP contribution in [0, 0.1) is 19.7 Å². The van der Waals surface area contributed by atoms with E-state index in [9.17, 15) is 4.39 Å². The second-order valence-electron chi connectivity index (χ2n) is 5.20. The lowest BCUT2D eigenvalue weighted by atomic mass is 10.0. The van der Waals surface area contributed by atoms with Crippen molar-refractivity contribution in [2.24, 2.45) is 5.73 Å². The minimum atomic E-state index is -0.369. The molecule has 2 atom stereocenters. The summed E-state index contributed by atoms with van der Waals surface area (Å²) in [6, 6.07) is 12.8. The number of rotatable bonds is 4. The largest absolute Gasteiger partial charge is 0.481 e. The first-order chi connectivity index (χ1) is 9.49. The number of benzene rings is 2. The Hall–Kier alpha value is -1.87. The molecule has 0 aromatic heterocycles. The highest BCUT2D eigenvalue weighted by Crippen LogP contribution is 2.28. The van der Waals surface area contributed by atoms with Gasteiger partial charge >= 0.3 is 0 Å². The fourth-order valence-electron chi connectivity index (χ4n) is 2.17. The Bertz CT molecular complexity index is 595. The number of hydrogen-bond acceptors (Lipinski definition) is 2. The van der Waals surface area contributed by atoms with E-state index in [1.165, 1.54) is 0 Å². The second kappa shape index (κ2) is 6.06. The summed E-state index contributed by atoms with van der Waals surface area (Å²) < 4.78 is 19.9. The molecule has 0 saturated heterocycles.